The van der Waals surface area contributed by atoms with Gasteiger partial charge in [-0.1, -0.05) is 26.8 Å². The average Bonchev–Trinajstić information content (AvgIpc) is 2.34. The number of carbonyl (C=O) groups is 1. The quantitative estimate of drug-likeness (QED) is 0.866. The van der Waals surface area contributed by atoms with E-state index in [1.165, 1.54) is 0 Å². The van der Waals surface area contributed by atoms with Gasteiger partial charge in [0.2, 0.25) is 5.91 Å². The van der Waals surface area contributed by atoms with Gasteiger partial charge in [0.1, 0.15) is 11.8 Å². The summed E-state index contributed by atoms with van der Waals surface area (Å²) in [7, 11) is 0. The summed E-state index contributed by atoms with van der Waals surface area (Å²) in [5.74, 6) is 0.286. The number of hydrogen-bond acceptors (Lipinski definition) is 4. The normalized spacial score (nSPS) is 12.4. The van der Waals surface area contributed by atoms with E-state index in [0.717, 1.165) is 0 Å². The molecule has 0 aliphatic carbocycles. The number of amides is 1. The first-order chi connectivity index (χ1) is 8.84. The molecule has 0 saturated carbocycles. The Bertz CT molecular complexity index is 486. The maximum absolute atomic E-state index is 12.0. The maximum atomic E-state index is 12.0. The average molecular weight is 261 g/mol. The zero-order chi connectivity index (χ0) is 14.5. The Morgan fingerprint density at radius 1 is 1.53 bits per heavy atom. The number of nitrogens with two attached hydrogens (primary N) is 1. The lowest BCUT2D eigenvalue weighted by Gasteiger charge is -2.25. The number of nitriles is 1. The third kappa shape index (κ3) is 4.60. The van der Waals surface area contributed by atoms with Gasteiger partial charge in [0.15, 0.2) is 6.61 Å². The first-order valence-corrected chi connectivity index (χ1v) is 6.01. The first-order valence-electron chi connectivity index (χ1n) is 6.01. The van der Waals surface area contributed by atoms with Crippen molar-refractivity contribution in [3.05, 3.63) is 24.3 Å². The molecule has 3 N–H and O–H groups in total. The monoisotopic (exact) mass is 261 g/mol. The van der Waals surface area contributed by atoms with Gasteiger partial charge in [0.05, 0.1) is 6.04 Å². The lowest BCUT2D eigenvalue weighted by molar-refractivity contribution is -0.119. The lowest BCUT2D eigenvalue weighted by Crippen LogP contribution is -2.45. The van der Waals surface area contributed by atoms with Gasteiger partial charge in [-0.2, -0.15) is 5.26 Å². The van der Waals surface area contributed by atoms with Crippen LogP contribution >= 0.6 is 0 Å². The summed E-state index contributed by atoms with van der Waals surface area (Å²) in [5, 5.41) is 11.2. The molecule has 19 heavy (non-hydrogen) atoms. The molecule has 0 aliphatic rings. The van der Waals surface area contributed by atoms with Crippen LogP contribution in [0.25, 0.3) is 0 Å². The minimum atomic E-state index is -0.601. The van der Waals surface area contributed by atoms with E-state index in [4.69, 9.17) is 15.7 Å². The molecule has 5 nitrogen and oxygen atoms in total. The molecule has 0 saturated heterocycles. The molecule has 5 heteroatoms. The second-order valence-electron chi connectivity index (χ2n) is 5.31. The molecule has 0 heterocycles. The lowest BCUT2D eigenvalue weighted by atomic mass is 9.87. The fourth-order valence-corrected chi connectivity index (χ4v) is 1.39. The highest BCUT2D eigenvalue weighted by molar-refractivity contribution is 5.95. The molecule has 0 aromatic heterocycles. The van der Waals surface area contributed by atoms with Gasteiger partial charge >= 0.3 is 0 Å². The summed E-state index contributed by atoms with van der Waals surface area (Å²) in [6.45, 7) is 5.69. The molecular weight excluding hydrogens is 242 g/mol. The van der Waals surface area contributed by atoms with E-state index >= 15 is 0 Å². The standard InChI is InChI=1S/C14H19N3O2/c1-14(2,3)12(16)13(18)17-10-5-4-6-11(9-10)19-8-7-15/h4-6,9,12H,8,16H2,1-3H3,(H,17,18)/t12-/m0/s1. The predicted molar refractivity (Wildman–Crippen MR) is 73.6 cm³/mol. The number of nitrogens with one attached hydrogen (secondary N) is 1. The van der Waals surface area contributed by atoms with E-state index < -0.39 is 6.04 Å². The second kappa shape index (κ2) is 6.21. The van der Waals surface area contributed by atoms with Crippen LogP contribution in [0, 0.1) is 16.7 Å². The van der Waals surface area contributed by atoms with Gasteiger partial charge in [0.25, 0.3) is 0 Å². The Morgan fingerprint density at radius 3 is 2.79 bits per heavy atom. The fraction of sp³-hybridized carbons (Fsp3) is 0.429. The number of rotatable bonds is 4. The fourth-order valence-electron chi connectivity index (χ4n) is 1.39. The van der Waals surface area contributed by atoms with Gasteiger partial charge in [-0.05, 0) is 17.5 Å². The minimum absolute atomic E-state index is 0.0289. The molecular formula is C14H19N3O2. The largest absolute Gasteiger partial charge is 0.479 e. The van der Waals surface area contributed by atoms with Crippen LogP contribution in [0.4, 0.5) is 5.69 Å². The van der Waals surface area contributed by atoms with Crippen LogP contribution < -0.4 is 15.8 Å². The number of hydrogen-bond donors (Lipinski definition) is 2. The number of benzene rings is 1. The van der Waals surface area contributed by atoms with Crippen molar-refractivity contribution in [2.75, 3.05) is 11.9 Å². The summed E-state index contributed by atoms with van der Waals surface area (Å²) in [5.41, 5.74) is 6.16. The highest BCUT2D eigenvalue weighted by Crippen LogP contribution is 2.21. The Balaban J connectivity index is 2.72. The number of anilines is 1. The highest BCUT2D eigenvalue weighted by atomic mass is 16.5. The van der Waals surface area contributed by atoms with Crippen LogP contribution in [0.3, 0.4) is 0 Å². The summed E-state index contributed by atoms with van der Waals surface area (Å²) < 4.78 is 5.16. The van der Waals surface area contributed by atoms with Crippen LogP contribution in [0.1, 0.15) is 20.8 Å². The Hall–Kier alpha value is -2.06. The number of carbonyl (C=O) groups excluding carboxylic acids is 1. The van der Waals surface area contributed by atoms with Crippen molar-refractivity contribution >= 4 is 11.6 Å². The van der Waals surface area contributed by atoms with E-state index in [1.54, 1.807) is 24.3 Å². The molecule has 1 aromatic carbocycles. The van der Waals surface area contributed by atoms with E-state index in [-0.39, 0.29) is 17.9 Å². The van der Waals surface area contributed by atoms with E-state index in [0.29, 0.717) is 11.4 Å². The van der Waals surface area contributed by atoms with Gasteiger partial charge in [0, 0.05) is 11.8 Å². The molecule has 1 rings (SSSR count). The molecule has 0 fully saturated rings. The Labute approximate surface area is 113 Å². The van der Waals surface area contributed by atoms with Crippen LogP contribution in [-0.4, -0.2) is 18.6 Å². The molecule has 102 valence electrons. The highest BCUT2D eigenvalue weighted by Gasteiger charge is 2.27. The summed E-state index contributed by atoms with van der Waals surface area (Å²) in [6, 6.07) is 8.14. The Morgan fingerprint density at radius 2 is 2.21 bits per heavy atom. The van der Waals surface area contributed by atoms with Crippen LogP contribution in [0.5, 0.6) is 5.75 Å². The van der Waals surface area contributed by atoms with E-state index in [9.17, 15) is 4.79 Å². The smallest absolute Gasteiger partial charge is 0.241 e. The third-order valence-electron chi connectivity index (χ3n) is 2.62. The molecule has 1 atom stereocenters. The molecule has 0 aliphatic heterocycles. The van der Waals surface area contributed by atoms with Crippen molar-refractivity contribution in [1.82, 2.24) is 0 Å². The van der Waals surface area contributed by atoms with E-state index in [1.807, 2.05) is 26.8 Å². The Kier molecular flexibility index (Phi) is 4.90. The minimum Gasteiger partial charge on any atom is -0.479 e. The molecule has 0 spiro atoms. The predicted octanol–water partition coefficient (Wildman–Crippen LogP) is 1.90. The van der Waals surface area contributed by atoms with Crippen molar-refractivity contribution in [3.63, 3.8) is 0 Å². The first kappa shape index (κ1) is 15.0. The SMILES string of the molecule is CC(C)(C)[C@@H](N)C(=O)Nc1cccc(OCC#N)c1. The van der Waals surface area contributed by atoms with Crippen molar-refractivity contribution < 1.29 is 9.53 Å². The van der Waals surface area contributed by atoms with Crippen LogP contribution in [-0.2, 0) is 4.79 Å². The van der Waals surface area contributed by atoms with Crippen LogP contribution in [0.2, 0.25) is 0 Å². The third-order valence-corrected chi connectivity index (χ3v) is 2.62. The van der Waals surface area contributed by atoms with Crippen molar-refractivity contribution in [2.24, 2.45) is 11.1 Å². The van der Waals surface area contributed by atoms with Gasteiger partial charge in [-0.3, -0.25) is 4.79 Å². The number of ether oxygens (including phenoxy) is 1. The maximum Gasteiger partial charge on any atom is 0.241 e. The number of nitrogens with zero attached hydrogens (tertiary/aromatic N) is 1. The van der Waals surface area contributed by atoms with Gasteiger partial charge in [-0.15, -0.1) is 0 Å². The van der Waals surface area contributed by atoms with Gasteiger partial charge < -0.3 is 15.8 Å². The second-order valence-corrected chi connectivity index (χ2v) is 5.31. The molecule has 0 bridgehead atoms. The summed E-state index contributed by atoms with van der Waals surface area (Å²) in [4.78, 5) is 12.0. The molecule has 0 radical (unpaired) electrons. The summed E-state index contributed by atoms with van der Waals surface area (Å²) in [6.07, 6.45) is 0. The molecule has 1 aromatic rings. The zero-order valence-electron chi connectivity index (χ0n) is 11.4. The van der Waals surface area contributed by atoms with Crippen LogP contribution in [0.15, 0.2) is 24.3 Å². The molecule has 1 amide bonds. The molecule has 0 unspecified atom stereocenters. The summed E-state index contributed by atoms with van der Waals surface area (Å²) >= 11 is 0. The van der Waals surface area contributed by atoms with Gasteiger partial charge in [-0.25, -0.2) is 0 Å². The topological polar surface area (TPSA) is 88.1 Å². The van der Waals surface area contributed by atoms with E-state index in [2.05, 4.69) is 5.32 Å². The zero-order valence-corrected chi connectivity index (χ0v) is 11.4. The van der Waals surface area contributed by atoms with Crippen molar-refractivity contribution in [1.29, 1.82) is 5.26 Å². The van der Waals surface area contributed by atoms with Crippen molar-refractivity contribution in [3.8, 4) is 11.8 Å². The van der Waals surface area contributed by atoms with Crippen molar-refractivity contribution in [2.45, 2.75) is 26.8 Å².